The van der Waals surface area contributed by atoms with Gasteiger partial charge in [0.05, 0.1) is 12.5 Å². The lowest BCUT2D eigenvalue weighted by molar-refractivity contribution is -0.149. The van der Waals surface area contributed by atoms with E-state index in [0.717, 1.165) is 60.8 Å². The Morgan fingerprint density at radius 2 is 1.90 bits per heavy atom. The first-order valence-electron chi connectivity index (χ1n) is 10.7. The zero-order valence-corrected chi connectivity index (χ0v) is 17.4. The summed E-state index contributed by atoms with van der Waals surface area (Å²) in [5, 5.41) is 0. The molecule has 2 heterocycles. The Morgan fingerprint density at radius 1 is 1.13 bits per heavy atom. The fourth-order valence-electron chi connectivity index (χ4n) is 3.82. The Bertz CT molecular complexity index is 926. The molecule has 0 spiro atoms. The summed E-state index contributed by atoms with van der Waals surface area (Å²) in [5.74, 6) is 1.58. The zero-order valence-electron chi connectivity index (χ0n) is 17.4. The highest BCUT2D eigenvalue weighted by atomic mass is 16.5. The molecule has 0 bridgehead atoms. The third-order valence-electron chi connectivity index (χ3n) is 5.50. The molecule has 0 radical (unpaired) electrons. The first-order chi connectivity index (χ1) is 14.7. The fourth-order valence-corrected chi connectivity index (χ4v) is 3.82. The minimum atomic E-state index is -0.0497. The van der Waals surface area contributed by atoms with Gasteiger partial charge in [0.1, 0.15) is 17.9 Å². The molecule has 1 fully saturated rings. The molecule has 1 aliphatic rings. The number of benzene rings is 2. The van der Waals surface area contributed by atoms with Crippen molar-refractivity contribution in [3.8, 4) is 5.75 Å². The molecular formula is C24H28N2O4. The van der Waals surface area contributed by atoms with Gasteiger partial charge in [-0.15, -0.1) is 0 Å². The molecule has 30 heavy (non-hydrogen) atoms. The topological polar surface area (TPSA) is 64.8 Å². The Kier molecular flexibility index (Phi) is 6.64. The molecule has 0 amide bonds. The average molecular weight is 408 g/mol. The maximum Gasteiger partial charge on any atom is 0.309 e. The minimum Gasteiger partial charge on any atom is -0.492 e. The molecule has 158 valence electrons. The third kappa shape index (κ3) is 5.19. The Balaban J connectivity index is 1.20. The van der Waals surface area contributed by atoms with E-state index in [1.165, 1.54) is 0 Å². The zero-order chi connectivity index (χ0) is 20.8. The van der Waals surface area contributed by atoms with Crippen molar-refractivity contribution in [3.63, 3.8) is 0 Å². The van der Waals surface area contributed by atoms with Crippen LogP contribution in [0.4, 0.5) is 0 Å². The monoisotopic (exact) mass is 408 g/mol. The van der Waals surface area contributed by atoms with E-state index in [0.29, 0.717) is 19.6 Å². The second-order valence-corrected chi connectivity index (χ2v) is 7.61. The number of rotatable bonds is 8. The summed E-state index contributed by atoms with van der Waals surface area (Å²) >= 11 is 0. The standard InChI is InChI=1S/C24H28N2O4/c1-2-28-24(27)19-11-13-26(14-12-19)15-16-29-20-9-7-18(8-10-20)17-23-25-21-5-3-4-6-22(21)30-23/h3-10,19H,2,11-17H2,1H3. The van der Waals surface area contributed by atoms with Crippen LogP contribution in [-0.4, -0.2) is 48.7 Å². The van der Waals surface area contributed by atoms with Gasteiger partial charge in [-0.1, -0.05) is 24.3 Å². The lowest BCUT2D eigenvalue weighted by Crippen LogP contribution is -2.39. The van der Waals surface area contributed by atoms with E-state index in [1.807, 2.05) is 43.3 Å². The van der Waals surface area contributed by atoms with Gasteiger partial charge in [-0.3, -0.25) is 9.69 Å². The highest BCUT2D eigenvalue weighted by Crippen LogP contribution is 2.20. The van der Waals surface area contributed by atoms with Gasteiger partial charge in [-0.25, -0.2) is 4.98 Å². The van der Waals surface area contributed by atoms with Crippen LogP contribution < -0.4 is 4.74 Å². The van der Waals surface area contributed by atoms with Crippen molar-refractivity contribution < 1.29 is 18.7 Å². The number of likely N-dealkylation sites (tertiary alicyclic amines) is 1. The Hall–Kier alpha value is -2.86. The summed E-state index contributed by atoms with van der Waals surface area (Å²) in [4.78, 5) is 18.7. The van der Waals surface area contributed by atoms with Gasteiger partial charge in [0, 0.05) is 13.0 Å². The van der Waals surface area contributed by atoms with Crippen molar-refractivity contribution in [3.05, 3.63) is 60.0 Å². The molecule has 1 saturated heterocycles. The second kappa shape index (κ2) is 9.76. The SMILES string of the molecule is CCOC(=O)C1CCN(CCOc2ccc(Cc3nc4ccccc4o3)cc2)CC1. The van der Waals surface area contributed by atoms with E-state index in [-0.39, 0.29) is 11.9 Å². The number of fused-ring (bicyclic) bond motifs is 1. The Morgan fingerprint density at radius 3 is 2.63 bits per heavy atom. The van der Waals surface area contributed by atoms with Gasteiger partial charge >= 0.3 is 5.97 Å². The number of hydrogen-bond acceptors (Lipinski definition) is 6. The largest absolute Gasteiger partial charge is 0.492 e. The van der Waals surface area contributed by atoms with Gasteiger partial charge < -0.3 is 13.9 Å². The average Bonchev–Trinajstić information content (AvgIpc) is 3.18. The van der Waals surface area contributed by atoms with Crippen LogP contribution in [0.5, 0.6) is 5.75 Å². The number of hydrogen-bond donors (Lipinski definition) is 0. The van der Waals surface area contributed by atoms with E-state index in [1.54, 1.807) is 0 Å². The van der Waals surface area contributed by atoms with Crippen LogP contribution in [0.15, 0.2) is 52.9 Å². The van der Waals surface area contributed by atoms with Gasteiger partial charge in [0.2, 0.25) is 0 Å². The van der Waals surface area contributed by atoms with E-state index in [9.17, 15) is 4.79 Å². The van der Waals surface area contributed by atoms with Crippen molar-refractivity contribution in [2.75, 3.05) is 32.8 Å². The van der Waals surface area contributed by atoms with Gasteiger partial charge in [-0.2, -0.15) is 0 Å². The van der Waals surface area contributed by atoms with E-state index in [4.69, 9.17) is 13.9 Å². The minimum absolute atomic E-state index is 0.0497. The molecule has 6 nitrogen and oxygen atoms in total. The van der Waals surface area contributed by atoms with Crippen LogP contribution in [0.3, 0.4) is 0 Å². The predicted octanol–water partition coefficient (Wildman–Crippen LogP) is 4.07. The Labute approximate surface area is 176 Å². The van der Waals surface area contributed by atoms with Crippen LogP contribution in [0, 0.1) is 5.92 Å². The number of para-hydroxylation sites is 2. The molecular weight excluding hydrogens is 380 g/mol. The smallest absolute Gasteiger partial charge is 0.309 e. The number of aromatic nitrogens is 1. The number of nitrogens with zero attached hydrogens (tertiary/aromatic N) is 2. The van der Waals surface area contributed by atoms with E-state index >= 15 is 0 Å². The van der Waals surface area contributed by atoms with Crippen LogP contribution in [0.1, 0.15) is 31.2 Å². The summed E-state index contributed by atoms with van der Waals surface area (Å²) in [6.07, 6.45) is 2.39. The normalized spacial score (nSPS) is 15.4. The lowest BCUT2D eigenvalue weighted by atomic mass is 9.97. The number of esters is 1. The third-order valence-corrected chi connectivity index (χ3v) is 5.50. The fraction of sp³-hybridized carbons (Fsp3) is 0.417. The molecule has 0 saturated carbocycles. The van der Waals surface area contributed by atoms with Crippen LogP contribution in [0.2, 0.25) is 0 Å². The van der Waals surface area contributed by atoms with Gasteiger partial charge in [0.25, 0.3) is 0 Å². The molecule has 3 aromatic rings. The van der Waals surface area contributed by atoms with Crippen molar-refractivity contribution in [1.82, 2.24) is 9.88 Å². The quantitative estimate of drug-likeness (QED) is 0.524. The highest BCUT2D eigenvalue weighted by molar-refractivity contribution is 5.72. The van der Waals surface area contributed by atoms with Gasteiger partial charge in [0.15, 0.2) is 11.5 Å². The van der Waals surface area contributed by atoms with Crippen molar-refractivity contribution >= 4 is 17.1 Å². The number of oxazole rings is 1. The second-order valence-electron chi connectivity index (χ2n) is 7.61. The van der Waals surface area contributed by atoms with E-state index < -0.39 is 0 Å². The molecule has 4 rings (SSSR count). The first-order valence-corrected chi connectivity index (χ1v) is 10.7. The lowest BCUT2D eigenvalue weighted by Gasteiger charge is -2.30. The molecule has 2 aromatic carbocycles. The summed E-state index contributed by atoms with van der Waals surface area (Å²) < 4.78 is 16.8. The van der Waals surface area contributed by atoms with Crippen molar-refractivity contribution in [2.45, 2.75) is 26.2 Å². The van der Waals surface area contributed by atoms with Crippen LogP contribution in [-0.2, 0) is 16.0 Å². The summed E-state index contributed by atoms with van der Waals surface area (Å²) in [6.45, 7) is 5.63. The summed E-state index contributed by atoms with van der Waals surface area (Å²) in [6, 6.07) is 15.9. The predicted molar refractivity (Wildman–Crippen MR) is 115 cm³/mol. The molecule has 0 aliphatic carbocycles. The maximum atomic E-state index is 11.8. The number of ether oxygens (including phenoxy) is 2. The molecule has 1 aromatic heterocycles. The number of carbonyl (C=O) groups excluding carboxylic acids is 1. The molecule has 0 atom stereocenters. The summed E-state index contributed by atoms with van der Waals surface area (Å²) in [7, 11) is 0. The molecule has 0 N–H and O–H groups in total. The molecule has 6 heteroatoms. The van der Waals surface area contributed by atoms with Crippen LogP contribution >= 0.6 is 0 Å². The van der Waals surface area contributed by atoms with Gasteiger partial charge in [-0.05, 0) is 62.7 Å². The van der Waals surface area contributed by atoms with Crippen LogP contribution in [0.25, 0.3) is 11.1 Å². The first kappa shape index (κ1) is 20.4. The number of carbonyl (C=O) groups is 1. The molecule has 1 aliphatic heterocycles. The highest BCUT2D eigenvalue weighted by Gasteiger charge is 2.25. The molecule has 0 unspecified atom stereocenters. The van der Waals surface area contributed by atoms with Crippen molar-refractivity contribution in [1.29, 1.82) is 0 Å². The van der Waals surface area contributed by atoms with E-state index in [2.05, 4.69) is 22.0 Å². The number of piperidine rings is 1. The van der Waals surface area contributed by atoms with Crippen molar-refractivity contribution in [2.24, 2.45) is 5.92 Å². The maximum absolute atomic E-state index is 11.8. The summed E-state index contributed by atoms with van der Waals surface area (Å²) in [5.41, 5.74) is 2.84.